The molecule has 0 aliphatic heterocycles. The Labute approximate surface area is 150 Å². The van der Waals surface area contributed by atoms with Crippen LogP contribution in [0.25, 0.3) is 11.1 Å². The molecule has 0 radical (unpaired) electrons. The third kappa shape index (κ3) is 4.64. The molecule has 0 unspecified atom stereocenters. The van der Waals surface area contributed by atoms with Gasteiger partial charge in [-0.25, -0.2) is 0 Å². The van der Waals surface area contributed by atoms with Crippen molar-refractivity contribution >= 4 is 22.4 Å². The molecule has 0 fully saturated rings. The zero-order chi connectivity index (χ0) is 17.5. The molecule has 128 valence electrons. The monoisotopic (exact) mass is 353 g/mol. The Morgan fingerprint density at radius 3 is 2.64 bits per heavy atom. The molecule has 3 rings (SSSR count). The molecule has 0 saturated heterocycles. The zero-order valence-electron chi connectivity index (χ0n) is 13.9. The quantitative estimate of drug-likeness (QED) is 0.692. The van der Waals surface area contributed by atoms with Crippen LogP contribution in [0.15, 0.2) is 54.6 Å². The van der Waals surface area contributed by atoms with E-state index in [0.29, 0.717) is 10.9 Å². The van der Waals surface area contributed by atoms with E-state index < -0.39 is 0 Å². The van der Waals surface area contributed by atoms with Gasteiger partial charge in [0.15, 0.2) is 6.61 Å². The smallest absolute Gasteiger partial charge is 0.264 e. The Morgan fingerprint density at radius 1 is 1.08 bits per heavy atom. The number of nitrogens with zero attached hydrogens (tertiary/aromatic N) is 2. The Kier molecular flexibility index (Phi) is 5.74. The van der Waals surface area contributed by atoms with E-state index in [9.17, 15) is 4.79 Å². The first kappa shape index (κ1) is 17.1. The minimum atomic E-state index is -0.248. The summed E-state index contributed by atoms with van der Waals surface area (Å²) in [6.07, 6.45) is 1.87. The van der Waals surface area contributed by atoms with Gasteiger partial charge in [0.25, 0.3) is 5.91 Å². The number of aromatic nitrogens is 2. The normalized spacial score (nSPS) is 10.4. The van der Waals surface area contributed by atoms with Gasteiger partial charge in [0, 0.05) is 12.0 Å². The summed E-state index contributed by atoms with van der Waals surface area (Å²) < 4.78 is 5.72. The van der Waals surface area contributed by atoms with E-state index in [-0.39, 0.29) is 12.5 Å². The second-order valence-corrected chi connectivity index (χ2v) is 6.51. The number of aryl methyl sites for hydroxylation is 1. The van der Waals surface area contributed by atoms with Gasteiger partial charge in [-0.1, -0.05) is 66.8 Å². The van der Waals surface area contributed by atoms with Crippen LogP contribution in [0.4, 0.5) is 5.13 Å². The van der Waals surface area contributed by atoms with Crippen LogP contribution in [0.2, 0.25) is 0 Å². The largest absolute Gasteiger partial charge is 0.483 e. The van der Waals surface area contributed by atoms with E-state index >= 15 is 0 Å². The maximum atomic E-state index is 12.1. The first-order valence-electron chi connectivity index (χ1n) is 8.15. The van der Waals surface area contributed by atoms with E-state index in [0.717, 1.165) is 29.0 Å². The van der Waals surface area contributed by atoms with Crippen molar-refractivity contribution in [2.24, 2.45) is 0 Å². The van der Waals surface area contributed by atoms with Crippen LogP contribution < -0.4 is 10.1 Å². The van der Waals surface area contributed by atoms with Gasteiger partial charge in [-0.3, -0.25) is 10.1 Å². The lowest BCUT2D eigenvalue weighted by Gasteiger charge is -2.11. The molecular weight excluding hydrogens is 334 g/mol. The topological polar surface area (TPSA) is 64.1 Å². The molecule has 3 aromatic rings. The number of nitrogens with one attached hydrogen (secondary N) is 1. The third-order valence-electron chi connectivity index (χ3n) is 3.51. The molecule has 0 saturated carbocycles. The Bertz CT molecular complexity index is 833. The first-order chi connectivity index (χ1) is 12.3. The molecule has 6 heteroatoms. The Morgan fingerprint density at radius 2 is 1.84 bits per heavy atom. The van der Waals surface area contributed by atoms with Crippen molar-refractivity contribution in [3.63, 3.8) is 0 Å². The second-order valence-electron chi connectivity index (χ2n) is 5.45. The number of anilines is 1. The summed E-state index contributed by atoms with van der Waals surface area (Å²) in [4.78, 5) is 12.1. The summed E-state index contributed by atoms with van der Waals surface area (Å²) in [6.45, 7) is 2.00. The molecule has 1 heterocycles. The molecule has 2 aromatic carbocycles. The van der Waals surface area contributed by atoms with Crippen molar-refractivity contribution < 1.29 is 9.53 Å². The standard InChI is InChI=1S/C19H19N3O2S/c1-2-8-18-21-22-19(25-18)20-17(23)13-24-16-12-7-6-11-15(16)14-9-4-3-5-10-14/h3-7,9-12H,2,8,13H2,1H3,(H,20,22,23). The summed E-state index contributed by atoms with van der Waals surface area (Å²) in [7, 11) is 0. The van der Waals surface area contributed by atoms with Gasteiger partial charge >= 0.3 is 0 Å². The molecule has 1 aromatic heterocycles. The number of hydrogen-bond donors (Lipinski definition) is 1. The van der Waals surface area contributed by atoms with Gasteiger partial charge < -0.3 is 4.74 Å². The maximum absolute atomic E-state index is 12.1. The van der Waals surface area contributed by atoms with E-state index in [1.165, 1.54) is 11.3 Å². The highest BCUT2D eigenvalue weighted by Crippen LogP contribution is 2.29. The van der Waals surface area contributed by atoms with Crippen LogP contribution in [-0.2, 0) is 11.2 Å². The van der Waals surface area contributed by atoms with E-state index in [2.05, 4.69) is 22.4 Å². The fraction of sp³-hybridized carbons (Fsp3) is 0.211. The van der Waals surface area contributed by atoms with Gasteiger partial charge in [0.05, 0.1) is 0 Å². The lowest BCUT2D eigenvalue weighted by atomic mass is 10.1. The van der Waals surface area contributed by atoms with E-state index in [1.54, 1.807) is 0 Å². The second kappa shape index (κ2) is 8.39. The molecule has 0 spiro atoms. The van der Waals surface area contributed by atoms with Crippen LogP contribution >= 0.6 is 11.3 Å². The first-order valence-corrected chi connectivity index (χ1v) is 8.97. The third-order valence-corrected chi connectivity index (χ3v) is 4.41. The summed E-state index contributed by atoms with van der Waals surface area (Å²) in [5, 5.41) is 12.2. The predicted octanol–water partition coefficient (Wildman–Crippen LogP) is 4.18. The van der Waals surface area contributed by atoms with Gasteiger partial charge in [-0.15, -0.1) is 10.2 Å². The molecule has 5 nitrogen and oxygen atoms in total. The molecule has 0 atom stereocenters. The van der Waals surface area contributed by atoms with Crippen LogP contribution in [0.5, 0.6) is 5.75 Å². The van der Waals surface area contributed by atoms with Gasteiger partial charge in [0.1, 0.15) is 10.8 Å². The molecule has 0 aliphatic carbocycles. The predicted molar refractivity (Wildman–Crippen MR) is 99.9 cm³/mol. The van der Waals surface area contributed by atoms with Crippen molar-refractivity contribution in [3.05, 3.63) is 59.6 Å². The molecular formula is C19H19N3O2S. The lowest BCUT2D eigenvalue weighted by molar-refractivity contribution is -0.118. The van der Waals surface area contributed by atoms with Gasteiger partial charge in [-0.05, 0) is 18.1 Å². The van der Waals surface area contributed by atoms with Crippen LogP contribution in [0.1, 0.15) is 18.4 Å². The average molecular weight is 353 g/mol. The summed E-state index contributed by atoms with van der Waals surface area (Å²) >= 11 is 1.40. The molecule has 0 aliphatic rings. The number of carbonyl (C=O) groups excluding carboxylic acids is 1. The maximum Gasteiger partial charge on any atom is 0.264 e. The fourth-order valence-electron chi connectivity index (χ4n) is 2.37. The van der Waals surface area contributed by atoms with Crippen LogP contribution in [0.3, 0.4) is 0 Å². The number of benzene rings is 2. The number of rotatable bonds is 7. The number of para-hydroxylation sites is 1. The average Bonchev–Trinajstić information content (AvgIpc) is 3.08. The van der Waals surface area contributed by atoms with Crippen molar-refractivity contribution in [1.82, 2.24) is 10.2 Å². The summed E-state index contributed by atoms with van der Waals surface area (Å²) in [5.41, 5.74) is 2.00. The Hall–Kier alpha value is -2.73. The minimum Gasteiger partial charge on any atom is -0.483 e. The summed E-state index contributed by atoms with van der Waals surface area (Å²) in [5.74, 6) is 0.426. The highest BCUT2D eigenvalue weighted by Gasteiger charge is 2.11. The number of carbonyl (C=O) groups is 1. The number of amides is 1. The van der Waals surface area contributed by atoms with Crippen LogP contribution in [0, 0.1) is 0 Å². The fourth-order valence-corrected chi connectivity index (χ4v) is 3.22. The minimum absolute atomic E-state index is 0.0768. The van der Waals surface area contributed by atoms with E-state index in [4.69, 9.17) is 4.74 Å². The highest BCUT2D eigenvalue weighted by molar-refractivity contribution is 7.15. The van der Waals surface area contributed by atoms with Crippen LogP contribution in [-0.4, -0.2) is 22.7 Å². The molecule has 0 bridgehead atoms. The van der Waals surface area contributed by atoms with Crippen molar-refractivity contribution in [3.8, 4) is 16.9 Å². The van der Waals surface area contributed by atoms with Crippen molar-refractivity contribution in [2.75, 3.05) is 11.9 Å². The molecule has 1 N–H and O–H groups in total. The van der Waals surface area contributed by atoms with Gasteiger partial charge in [-0.2, -0.15) is 0 Å². The highest BCUT2D eigenvalue weighted by atomic mass is 32.1. The van der Waals surface area contributed by atoms with Gasteiger partial charge in [0.2, 0.25) is 5.13 Å². The van der Waals surface area contributed by atoms with E-state index in [1.807, 2.05) is 54.6 Å². The summed E-state index contributed by atoms with van der Waals surface area (Å²) in [6, 6.07) is 17.6. The SMILES string of the molecule is CCCc1nnc(NC(=O)COc2ccccc2-c2ccccc2)s1. The molecule has 1 amide bonds. The Balaban J connectivity index is 1.62. The number of hydrogen-bond acceptors (Lipinski definition) is 5. The number of ether oxygens (including phenoxy) is 1. The molecule has 25 heavy (non-hydrogen) atoms. The van der Waals surface area contributed by atoms with Crippen molar-refractivity contribution in [1.29, 1.82) is 0 Å². The van der Waals surface area contributed by atoms with Crippen molar-refractivity contribution in [2.45, 2.75) is 19.8 Å². The zero-order valence-corrected chi connectivity index (χ0v) is 14.8. The lowest BCUT2D eigenvalue weighted by Crippen LogP contribution is -2.20.